The monoisotopic (exact) mass is 454 g/mol. The van der Waals surface area contributed by atoms with Gasteiger partial charge in [0, 0.05) is 24.4 Å². The van der Waals surface area contributed by atoms with E-state index in [1.54, 1.807) is 65.1 Å². The minimum absolute atomic E-state index is 0.193. The van der Waals surface area contributed by atoms with Crippen molar-refractivity contribution in [2.24, 2.45) is 7.05 Å². The number of ketones is 2. The van der Waals surface area contributed by atoms with E-state index in [2.05, 4.69) is 5.10 Å². The van der Waals surface area contributed by atoms with Crippen molar-refractivity contribution < 1.29 is 22.7 Å². The van der Waals surface area contributed by atoms with Gasteiger partial charge in [-0.2, -0.15) is 5.10 Å². The van der Waals surface area contributed by atoms with Crippen LogP contribution in [0.4, 0.5) is 0 Å². The van der Waals surface area contributed by atoms with E-state index in [4.69, 9.17) is 4.74 Å². The molecule has 7 nitrogen and oxygen atoms in total. The smallest absolute Gasteiger partial charge is 0.223 e. The molecule has 2 aromatic carbocycles. The van der Waals surface area contributed by atoms with Crippen LogP contribution in [0.15, 0.2) is 41.3 Å². The molecule has 0 atom stereocenters. The number of sulfone groups is 1. The van der Waals surface area contributed by atoms with Crippen molar-refractivity contribution >= 4 is 21.4 Å². The minimum atomic E-state index is -3.44. The summed E-state index contributed by atoms with van der Waals surface area (Å²) in [6.45, 7) is 6.54. The van der Waals surface area contributed by atoms with E-state index in [-0.39, 0.29) is 34.5 Å². The molecule has 0 amide bonds. The number of aromatic nitrogens is 2. The molecule has 1 heterocycles. The summed E-state index contributed by atoms with van der Waals surface area (Å²) in [5.74, 6) is -0.358. The second kappa shape index (κ2) is 8.70. The summed E-state index contributed by atoms with van der Waals surface area (Å²) in [6.07, 6.45) is 1.16. The molecular weight excluding hydrogens is 428 g/mol. The van der Waals surface area contributed by atoms with Gasteiger partial charge in [-0.1, -0.05) is 30.3 Å². The number of carbonyl (C=O) groups excluding carboxylic acids is 2. The third kappa shape index (κ3) is 4.36. The fourth-order valence-electron chi connectivity index (χ4n) is 3.90. The number of benzene rings is 2. The molecule has 0 radical (unpaired) electrons. The lowest BCUT2D eigenvalue weighted by Gasteiger charge is -2.15. The predicted octanol–water partition coefficient (Wildman–Crippen LogP) is 3.55. The Bertz CT molecular complexity index is 1320. The summed E-state index contributed by atoms with van der Waals surface area (Å²) in [5.41, 5.74) is 3.22. The zero-order chi connectivity index (χ0) is 23.8. The van der Waals surface area contributed by atoms with Crippen LogP contribution < -0.4 is 4.74 Å². The van der Waals surface area contributed by atoms with Crippen molar-refractivity contribution in [3.8, 4) is 5.88 Å². The van der Waals surface area contributed by atoms with Gasteiger partial charge in [-0.05, 0) is 50.5 Å². The van der Waals surface area contributed by atoms with Gasteiger partial charge in [-0.15, -0.1) is 0 Å². The van der Waals surface area contributed by atoms with Gasteiger partial charge in [0.15, 0.2) is 22.2 Å². The number of hydrogen-bond donors (Lipinski definition) is 0. The van der Waals surface area contributed by atoms with Crippen LogP contribution in [-0.2, 0) is 16.9 Å². The van der Waals surface area contributed by atoms with E-state index in [1.165, 1.54) is 4.68 Å². The summed E-state index contributed by atoms with van der Waals surface area (Å²) in [7, 11) is -1.80. The van der Waals surface area contributed by atoms with Crippen LogP contribution in [-0.4, -0.2) is 42.6 Å². The highest BCUT2D eigenvalue weighted by Gasteiger charge is 2.27. The van der Waals surface area contributed by atoms with E-state index in [1.807, 2.05) is 6.07 Å². The maximum atomic E-state index is 13.5. The molecule has 0 aliphatic carbocycles. The second-order valence-electron chi connectivity index (χ2n) is 7.89. The maximum Gasteiger partial charge on any atom is 0.223 e. The molecule has 0 saturated heterocycles. The Morgan fingerprint density at radius 3 is 2.25 bits per heavy atom. The van der Waals surface area contributed by atoms with Gasteiger partial charge in [0.25, 0.3) is 0 Å². The molecule has 0 unspecified atom stereocenters. The maximum absolute atomic E-state index is 13.5. The SMILES string of the molecule is Cc1cc(C(=O)c2c(C)nn(C)c2OCC(=O)c2ccccc2)c(C)c(C)c1S(C)(=O)=O. The Balaban J connectivity index is 2.01. The Morgan fingerprint density at radius 1 is 1.03 bits per heavy atom. The Labute approximate surface area is 187 Å². The van der Waals surface area contributed by atoms with Crippen molar-refractivity contribution in [2.45, 2.75) is 32.6 Å². The number of rotatable bonds is 7. The highest BCUT2D eigenvalue weighted by Crippen LogP contribution is 2.31. The molecule has 0 saturated carbocycles. The topological polar surface area (TPSA) is 95.3 Å². The number of nitrogens with zero attached hydrogens (tertiary/aromatic N) is 2. The van der Waals surface area contributed by atoms with Crippen LogP contribution in [0.2, 0.25) is 0 Å². The number of ether oxygens (including phenoxy) is 1. The molecule has 0 aliphatic heterocycles. The first-order valence-electron chi connectivity index (χ1n) is 10.0. The third-order valence-electron chi connectivity index (χ3n) is 5.47. The Kier molecular flexibility index (Phi) is 6.37. The van der Waals surface area contributed by atoms with Gasteiger partial charge >= 0.3 is 0 Å². The second-order valence-corrected chi connectivity index (χ2v) is 9.84. The average Bonchev–Trinajstić information content (AvgIpc) is 3.00. The lowest BCUT2D eigenvalue weighted by molar-refractivity contribution is 0.0908. The third-order valence-corrected chi connectivity index (χ3v) is 6.84. The highest BCUT2D eigenvalue weighted by atomic mass is 32.2. The first kappa shape index (κ1) is 23.4. The highest BCUT2D eigenvalue weighted by molar-refractivity contribution is 7.90. The number of aryl methyl sites for hydroxylation is 3. The first-order chi connectivity index (χ1) is 14.9. The predicted molar refractivity (Wildman–Crippen MR) is 121 cm³/mol. The summed E-state index contributed by atoms with van der Waals surface area (Å²) >= 11 is 0. The molecule has 1 aromatic heterocycles. The molecule has 0 spiro atoms. The van der Waals surface area contributed by atoms with E-state index in [0.717, 1.165) is 6.26 Å². The van der Waals surface area contributed by atoms with Crippen molar-refractivity contribution in [1.82, 2.24) is 9.78 Å². The molecule has 3 rings (SSSR count). The lowest BCUT2D eigenvalue weighted by Crippen LogP contribution is -2.16. The molecule has 0 N–H and O–H groups in total. The van der Waals surface area contributed by atoms with Gasteiger partial charge in [-0.3, -0.25) is 9.59 Å². The Hall–Kier alpha value is -3.26. The number of Topliss-reactive ketones (excluding diaryl/α,β-unsaturated/α-hetero) is 1. The van der Waals surface area contributed by atoms with E-state index in [0.29, 0.717) is 33.5 Å². The first-order valence-corrected chi connectivity index (χ1v) is 11.9. The zero-order valence-corrected chi connectivity index (χ0v) is 19.8. The van der Waals surface area contributed by atoms with Crippen LogP contribution in [0.1, 0.15) is 48.7 Å². The van der Waals surface area contributed by atoms with Crippen LogP contribution in [0, 0.1) is 27.7 Å². The molecule has 0 aliphatic rings. The Morgan fingerprint density at radius 2 is 1.66 bits per heavy atom. The van der Waals surface area contributed by atoms with Crippen molar-refractivity contribution in [3.63, 3.8) is 0 Å². The molecule has 32 heavy (non-hydrogen) atoms. The van der Waals surface area contributed by atoms with Crippen molar-refractivity contribution in [1.29, 1.82) is 0 Å². The normalized spacial score (nSPS) is 11.4. The molecule has 0 bridgehead atoms. The van der Waals surface area contributed by atoms with Crippen LogP contribution in [0.25, 0.3) is 0 Å². The summed E-state index contributed by atoms with van der Waals surface area (Å²) in [5, 5.41) is 4.30. The van der Waals surface area contributed by atoms with Gasteiger partial charge < -0.3 is 4.74 Å². The van der Waals surface area contributed by atoms with Gasteiger partial charge in [0.1, 0.15) is 5.56 Å². The van der Waals surface area contributed by atoms with E-state index >= 15 is 0 Å². The molecule has 0 fully saturated rings. The molecule has 168 valence electrons. The summed E-state index contributed by atoms with van der Waals surface area (Å²) in [4.78, 5) is 26.2. The summed E-state index contributed by atoms with van der Waals surface area (Å²) in [6, 6.07) is 10.3. The number of hydrogen-bond acceptors (Lipinski definition) is 6. The lowest BCUT2D eigenvalue weighted by atomic mass is 9.94. The molecular formula is C24H26N2O5S. The fraction of sp³-hybridized carbons (Fsp3) is 0.292. The average molecular weight is 455 g/mol. The van der Waals surface area contributed by atoms with E-state index < -0.39 is 9.84 Å². The number of carbonyl (C=O) groups is 2. The van der Waals surface area contributed by atoms with Gasteiger partial charge in [0.05, 0.1) is 10.6 Å². The largest absolute Gasteiger partial charge is 0.469 e. The quantitative estimate of drug-likeness (QED) is 0.507. The fourth-order valence-corrected chi connectivity index (χ4v) is 5.26. The van der Waals surface area contributed by atoms with Crippen LogP contribution in [0.5, 0.6) is 5.88 Å². The molecule has 3 aromatic rings. The molecule has 8 heteroatoms. The van der Waals surface area contributed by atoms with Crippen molar-refractivity contribution in [3.05, 3.63) is 75.5 Å². The summed E-state index contributed by atoms with van der Waals surface area (Å²) < 4.78 is 31.6. The van der Waals surface area contributed by atoms with Crippen LogP contribution >= 0.6 is 0 Å². The van der Waals surface area contributed by atoms with Crippen molar-refractivity contribution in [2.75, 3.05) is 12.9 Å². The standard InChI is InChI=1S/C24H26N2O5S/c1-14-12-19(15(2)16(3)23(14)32(6,29)30)22(28)21-17(4)25-26(5)24(21)31-13-20(27)18-10-8-7-9-11-18/h7-12H,13H2,1-6H3. The van der Waals surface area contributed by atoms with E-state index in [9.17, 15) is 18.0 Å². The van der Waals surface area contributed by atoms with Gasteiger partial charge in [0.2, 0.25) is 11.7 Å². The zero-order valence-electron chi connectivity index (χ0n) is 19.0. The van der Waals surface area contributed by atoms with Crippen LogP contribution in [0.3, 0.4) is 0 Å². The minimum Gasteiger partial charge on any atom is -0.469 e. The van der Waals surface area contributed by atoms with Gasteiger partial charge in [-0.25, -0.2) is 13.1 Å².